The fourth-order valence-electron chi connectivity index (χ4n) is 3.56. The van der Waals surface area contributed by atoms with Gasteiger partial charge in [-0.1, -0.05) is 43.0 Å². The van der Waals surface area contributed by atoms with Gasteiger partial charge in [0.2, 0.25) is 0 Å². The average Bonchev–Trinajstić information content (AvgIpc) is 2.49. The summed E-state index contributed by atoms with van der Waals surface area (Å²) in [5.41, 5.74) is 1.20. The normalized spacial score (nSPS) is 25.5. The summed E-state index contributed by atoms with van der Waals surface area (Å²) in [5.74, 6) is 0.860. The van der Waals surface area contributed by atoms with Crippen molar-refractivity contribution in [2.75, 3.05) is 24.5 Å². The largest absolute Gasteiger partial charge is 0.367 e. The topological polar surface area (TPSA) is 15.3 Å². The van der Waals surface area contributed by atoms with E-state index in [0.29, 0.717) is 6.04 Å². The van der Waals surface area contributed by atoms with Crippen LogP contribution >= 0.6 is 11.6 Å². The summed E-state index contributed by atoms with van der Waals surface area (Å²) in [6, 6.07) is 8.87. The first-order chi connectivity index (χ1) is 9.34. The van der Waals surface area contributed by atoms with Gasteiger partial charge in [0.1, 0.15) is 0 Å². The van der Waals surface area contributed by atoms with Gasteiger partial charge in [-0.2, -0.15) is 0 Å². The average molecular weight is 279 g/mol. The highest BCUT2D eigenvalue weighted by Crippen LogP contribution is 2.31. The van der Waals surface area contributed by atoms with Crippen LogP contribution in [0.1, 0.15) is 32.1 Å². The van der Waals surface area contributed by atoms with Crippen LogP contribution in [-0.2, 0) is 0 Å². The Morgan fingerprint density at radius 3 is 2.68 bits per heavy atom. The van der Waals surface area contributed by atoms with Crippen LogP contribution in [0, 0.1) is 5.92 Å². The molecule has 19 heavy (non-hydrogen) atoms. The van der Waals surface area contributed by atoms with Gasteiger partial charge in [0.05, 0.1) is 10.7 Å². The van der Waals surface area contributed by atoms with Crippen LogP contribution in [0.4, 0.5) is 5.69 Å². The second-order valence-corrected chi connectivity index (χ2v) is 6.26. The Balaban J connectivity index is 1.69. The number of benzene rings is 1. The van der Waals surface area contributed by atoms with Crippen LogP contribution in [0.2, 0.25) is 5.02 Å². The number of rotatable bonds is 2. The van der Waals surface area contributed by atoms with Gasteiger partial charge in [-0.15, -0.1) is 0 Å². The zero-order valence-corrected chi connectivity index (χ0v) is 12.2. The molecule has 0 radical (unpaired) electrons. The fourth-order valence-corrected chi connectivity index (χ4v) is 3.81. The molecule has 1 atom stereocenters. The maximum Gasteiger partial charge on any atom is 0.0639 e. The predicted molar refractivity (Wildman–Crippen MR) is 82.0 cm³/mol. The molecule has 3 rings (SSSR count). The van der Waals surface area contributed by atoms with Crippen molar-refractivity contribution < 1.29 is 0 Å². The molecule has 2 aliphatic rings. The lowest BCUT2D eigenvalue weighted by Crippen LogP contribution is -2.54. The van der Waals surface area contributed by atoms with Gasteiger partial charge in [0.25, 0.3) is 0 Å². The molecular formula is C16H23ClN2. The molecule has 1 saturated heterocycles. The summed E-state index contributed by atoms with van der Waals surface area (Å²) in [6.07, 6.45) is 7.05. The molecule has 1 aromatic rings. The first-order valence-corrected chi connectivity index (χ1v) is 7.95. The van der Waals surface area contributed by atoms with Crippen molar-refractivity contribution >= 4 is 17.3 Å². The van der Waals surface area contributed by atoms with Crippen molar-refractivity contribution in [3.63, 3.8) is 0 Å². The number of halogens is 1. The number of piperazine rings is 1. The lowest BCUT2D eigenvalue weighted by Gasteiger charge is -2.40. The van der Waals surface area contributed by atoms with Gasteiger partial charge in [0, 0.05) is 25.7 Å². The highest BCUT2D eigenvalue weighted by atomic mass is 35.5. The lowest BCUT2D eigenvalue weighted by molar-refractivity contribution is 0.257. The molecule has 1 aromatic carbocycles. The fraction of sp³-hybridized carbons (Fsp3) is 0.625. The zero-order valence-electron chi connectivity index (χ0n) is 11.4. The third-order valence-electron chi connectivity index (χ3n) is 4.62. The molecule has 0 bridgehead atoms. The minimum absolute atomic E-state index is 0.644. The van der Waals surface area contributed by atoms with Crippen molar-refractivity contribution in [3.05, 3.63) is 29.3 Å². The van der Waals surface area contributed by atoms with Gasteiger partial charge in [-0.3, -0.25) is 0 Å². The Hall–Kier alpha value is -0.730. The second kappa shape index (κ2) is 6.15. The number of para-hydroxylation sites is 1. The maximum atomic E-state index is 6.33. The van der Waals surface area contributed by atoms with Crippen LogP contribution in [-0.4, -0.2) is 25.7 Å². The van der Waals surface area contributed by atoms with Gasteiger partial charge < -0.3 is 10.2 Å². The Morgan fingerprint density at radius 2 is 1.89 bits per heavy atom. The standard InChI is InChI=1S/C16H23ClN2/c17-14-8-4-5-9-16(14)19-11-10-18-15(12-19)13-6-2-1-3-7-13/h4-5,8-9,13,15,18H,1-3,6-7,10-12H2. The van der Waals surface area contributed by atoms with Crippen molar-refractivity contribution in [1.29, 1.82) is 0 Å². The minimum atomic E-state index is 0.644. The molecule has 1 saturated carbocycles. The van der Waals surface area contributed by atoms with Crippen molar-refractivity contribution in [3.8, 4) is 0 Å². The van der Waals surface area contributed by atoms with Crippen LogP contribution in [0.5, 0.6) is 0 Å². The third kappa shape index (κ3) is 3.06. The van der Waals surface area contributed by atoms with Crippen molar-refractivity contribution in [1.82, 2.24) is 5.32 Å². The molecular weight excluding hydrogens is 256 g/mol. The van der Waals surface area contributed by atoms with Crippen LogP contribution in [0.3, 0.4) is 0 Å². The van der Waals surface area contributed by atoms with Gasteiger partial charge in [-0.25, -0.2) is 0 Å². The van der Waals surface area contributed by atoms with E-state index in [2.05, 4.69) is 22.3 Å². The van der Waals surface area contributed by atoms with Gasteiger partial charge in [0.15, 0.2) is 0 Å². The summed E-state index contributed by atoms with van der Waals surface area (Å²) in [5, 5.41) is 4.60. The van der Waals surface area contributed by atoms with Crippen molar-refractivity contribution in [2.24, 2.45) is 5.92 Å². The van der Waals surface area contributed by atoms with Gasteiger partial charge in [-0.05, 0) is 30.9 Å². The van der Waals surface area contributed by atoms with Crippen molar-refractivity contribution in [2.45, 2.75) is 38.1 Å². The Bertz CT molecular complexity index is 415. The molecule has 0 aromatic heterocycles. The molecule has 0 spiro atoms. The molecule has 2 fully saturated rings. The number of nitrogens with zero attached hydrogens (tertiary/aromatic N) is 1. The van der Waals surface area contributed by atoms with Crippen LogP contribution < -0.4 is 10.2 Å². The highest BCUT2D eigenvalue weighted by Gasteiger charge is 2.28. The molecule has 1 unspecified atom stereocenters. The number of hydrogen-bond acceptors (Lipinski definition) is 2. The third-order valence-corrected chi connectivity index (χ3v) is 4.94. The van der Waals surface area contributed by atoms with E-state index in [1.165, 1.54) is 37.8 Å². The molecule has 2 nitrogen and oxygen atoms in total. The van der Waals surface area contributed by atoms with E-state index >= 15 is 0 Å². The summed E-state index contributed by atoms with van der Waals surface area (Å²) >= 11 is 6.33. The number of anilines is 1. The highest BCUT2D eigenvalue weighted by molar-refractivity contribution is 6.33. The first-order valence-electron chi connectivity index (χ1n) is 7.57. The monoisotopic (exact) mass is 278 g/mol. The summed E-state index contributed by atoms with van der Waals surface area (Å²) in [4.78, 5) is 2.46. The first kappa shape index (κ1) is 13.3. The van der Waals surface area contributed by atoms with Crippen LogP contribution in [0.15, 0.2) is 24.3 Å². The van der Waals surface area contributed by atoms with Gasteiger partial charge >= 0.3 is 0 Å². The smallest absolute Gasteiger partial charge is 0.0639 e. The van der Waals surface area contributed by atoms with E-state index in [0.717, 1.165) is 30.6 Å². The summed E-state index contributed by atoms with van der Waals surface area (Å²) in [6.45, 7) is 3.24. The molecule has 1 aliphatic carbocycles. The quantitative estimate of drug-likeness (QED) is 0.887. The molecule has 104 valence electrons. The Morgan fingerprint density at radius 1 is 1.11 bits per heavy atom. The summed E-state index contributed by atoms with van der Waals surface area (Å²) in [7, 11) is 0. The second-order valence-electron chi connectivity index (χ2n) is 5.86. The molecule has 3 heteroatoms. The summed E-state index contributed by atoms with van der Waals surface area (Å²) < 4.78 is 0. The maximum absolute atomic E-state index is 6.33. The molecule has 1 N–H and O–H groups in total. The Labute approximate surface area is 121 Å². The minimum Gasteiger partial charge on any atom is -0.367 e. The van der Waals surface area contributed by atoms with Crippen LogP contribution in [0.25, 0.3) is 0 Å². The number of hydrogen-bond donors (Lipinski definition) is 1. The SMILES string of the molecule is Clc1ccccc1N1CCNC(C2CCCCC2)C1. The molecule has 0 amide bonds. The predicted octanol–water partition coefficient (Wildman–Crippen LogP) is 3.70. The van der Waals surface area contributed by atoms with E-state index < -0.39 is 0 Å². The van der Waals surface area contributed by atoms with E-state index in [4.69, 9.17) is 11.6 Å². The van der Waals surface area contributed by atoms with E-state index in [9.17, 15) is 0 Å². The number of nitrogens with one attached hydrogen (secondary N) is 1. The van der Waals surface area contributed by atoms with E-state index in [-0.39, 0.29) is 0 Å². The Kier molecular flexibility index (Phi) is 4.29. The molecule has 1 aliphatic heterocycles. The van der Waals surface area contributed by atoms with E-state index in [1.807, 2.05) is 12.1 Å². The zero-order chi connectivity index (χ0) is 13.1. The molecule has 1 heterocycles. The van der Waals surface area contributed by atoms with E-state index in [1.54, 1.807) is 0 Å². The lowest BCUT2D eigenvalue weighted by atomic mass is 9.83.